The minimum atomic E-state index is -0.0521. The molecule has 16 heavy (non-hydrogen) atoms. The highest BCUT2D eigenvalue weighted by Crippen LogP contribution is 2.38. The van der Waals surface area contributed by atoms with E-state index in [0.717, 1.165) is 6.42 Å². The van der Waals surface area contributed by atoms with Crippen LogP contribution in [0.15, 0.2) is 30.3 Å². The van der Waals surface area contributed by atoms with E-state index in [0.29, 0.717) is 0 Å². The maximum atomic E-state index is 11.5. The summed E-state index contributed by atoms with van der Waals surface area (Å²) in [4.78, 5) is 11.5. The van der Waals surface area contributed by atoms with Crippen LogP contribution in [0.25, 0.3) is 0 Å². The third-order valence-electron chi connectivity index (χ3n) is 3.06. The Morgan fingerprint density at radius 3 is 2.31 bits per heavy atom. The number of hydrogen-bond acceptors (Lipinski definition) is 2. The molecule has 0 N–H and O–H groups in total. The zero-order chi connectivity index (χ0) is 11.8. The standard InChI is InChI=1S/C14H18O2/c1-14(2,3)12-11(13(15)16-12)9-10-7-5-4-6-8-10/h4-8,11-12H,9H2,1-3H3/t11-,12-/m1/s1. The Balaban J connectivity index is 2.07. The van der Waals surface area contributed by atoms with Crippen LogP contribution in [-0.4, -0.2) is 12.1 Å². The largest absolute Gasteiger partial charge is 0.461 e. The topological polar surface area (TPSA) is 26.3 Å². The fourth-order valence-electron chi connectivity index (χ4n) is 2.18. The molecular weight excluding hydrogens is 200 g/mol. The summed E-state index contributed by atoms with van der Waals surface area (Å²) in [6.07, 6.45) is 0.849. The number of cyclic esters (lactones) is 1. The summed E-state index contributed by atoms with van der Waals surface area (Å²) in [5.74, 6) is -0.0221. The van der Waals surface area contributed by atoms with Gasteiger partial charge >= 0.3 is 5.97 Å². The summed E-state index contributed by atoms with van der Waals surface area (Å²) in [6.45, 7) is 6.34. The molecule has 0 spiro atoms. The van der Waals surface area contributed by atoms with Gasteiger partial charge in [-0.1, -0.05) is 51.1 Å². The molecular formula is C14H18O2. The zero-order valence-electron chi connectivity index (χ0n) is 10.1. The number of benzene rings is 1. The molecule has 2 heteroatoms. The zero-order valence-corrected chi connectivity index (χ0v) is 10.1. The number of rotatable bonds is 2. The Labute approximate surface area is 96.6 Å². The van der Waals surface area contributed by atoms with Gasteiger partial charge in [0.2, 0.25) is 0 Å². The SMILES string of the molecule is CC(C)(C)[C@@H]1OC(=O)[C@@H]1Cc1ccccc1. The van der Waals surface area contributed by atoms with Gasteiger partial charge in [0.1, 0.15) is 6.10 Å². The Morgan fingerprint density at radius 1 is 1.19 bits per heavy atom. The molecule has 1 aliphatic heterocycles. The number of hydrogen-bond donors (Lipinski definition) is 0. The van der Waals surface area contributed by atoms with E-state index >= 15 is 0 Å². The maximum Gasteiger partial charge on any atom is 0.313 e. The van der Waals surface area contributed by atoms with Crippen molar-refractivity contribution in [1.29, 1.82) is 0 Å². The van der Waals surface area contributed by atoms with Gasteiger partial charge in [0, 0.05) is 0 Å². The van der Waals surface area contributed by atoms with E-state index in [1.165, 1.54) is 5.56 Å². The highest BCUT2D eigenvalue weighted by Gasteiger charge is 2.48. The van der Waals surface area contributed by atoms with Gasteiger partial charge in [-0.25, -0.2) is 0 Å². The normalized spacial score (nSPS) is 24.8. The first-order valence-corrected chi connectivity index (χ1v) is 5.73. The lowest BCUT2D eigenvalue weighted by Crippen LogP contribution is -2.53. The van der Waals surface area contributed by atoms with E-state index < -0.39 is 0 Å². The van der Waals surface area contributed by atoms with Crippen LogP contribution in [0.2, 0.25) is 0 Å². The van der Waals surface area contributed by atoms with Gasteiger partial charge in [-0.05, 0) is 17.4 Å². The van der Waals surface area contributed by atoms with Crippen LogP contribution in [0.1, 0.15) is 26.3 Å². The van der Waals surface area contributed by atoms with Crippen molar-refractivity contribution in [3.63, 3.8) is 0 Å². The lowest BCUT2D eigenvalue weighted by molar-refractivity contribution is -0.198. The third kappa shape index (κ3) is 2.11. The average molecular weight is 218 g/mol. The second-order valence-corrected chi connectivity index (χ2v) is 5.52. The van der Waals surface area contributed by atoms with Crippen LogP contribution in [0.3, 0.4) is 0 Å². The first kappa shape index (κ1) is 11.2. The molecule has 2 atom stereocenters. The van der Waals surface area contributed by atoms with Crippen molar-refractivity contribution < 1.29 is 9.53 Å². The van der Waals surface area contributed by atoms with Crippen LogP contribution < -0.4 is 0 Å². The molecule has 0 radical (unpaired) electrons. The van der Waals surface area contributed by atoms with Gasteiger partial charge in [-0.3, -0.25) is 4.79 Å². The minimum Gasteiger partial charge on any atom is -0.461 e. The van der Waals surface area contributed by atoms with E-state index in [1.807, 2.05) is 18.2 Å². The predicted octanol–water partition coefficient (Wildman–Crippen LogP) is 2.82. The molecule has 0 bridgehead atoms. The van der Waals surface area contributed by atoms with Crippen molar-refractivity contribution in [2.24, 2.45) is 11.3 Å². The summed E-state index contributed by atoms with van der Waals surface area (Å²) >= 11 is 0. The molecule has 0 aliphatic carbocycles. The molecule has 1 heterocycles. The molecule has 0 amide bonds. The molecule has 1 aliphatic rings. The molecule has 1 aromatic rings. The Kier molecular flexibility index (Phi) is 2.75. The Bertz CT molecular complexity index is 375. The number of carbonyl (C=O) groups is 1. The molecule has 1 saturated heterocycles. The molecule has 2 nitrogen and oxygen atoms in total. The van der Waals surface area contributed by atoms with Gasteiger partial charge in [0.25, 0.3) is 0 Å². The van der Waals surface area contributed by atoms with E-state index in [2.05, 4.69) is 32.9 Å². The molecule has 2 rings (SSSR count). The lowest BCUT2D eigenvalue weighted by Gasteiger charge is -2.43. The average Bonchev–Trinajstić information content (AvgIpc) is 2.22. The Hall–Kier alpha value is -1.31. The van der Waals surface area contributed by atoms with E-state index in [4.69, 9.17) is 4.74 Å². The van der Waals surface area contributed by atoms with Crippen molar-refractivity contribution in [1.82, 2.24) is 0 Å². The first-order chi connectivity index (χ1) is 7.48. The summed E-state index contributed by atoms with van der Waals surface area (Å²) in [5.41, 5.74) is 1.24. The van der Waals surface area contributed by atoms with Crippen LogP contribution in [-0.2, 0) is 16.0 Å². The van der Waals surface area contributed by atoms with E-state index in [1.54, 1.807) is 0 Å². The number of carbonyl (C=O) groups excluding carboxylic acids is 1. The van der Waals surface area contributed by atoms with Crippen LogP contribution in [0.5, 0.6) is 0 Å². The van der Waals surface area contributed by atoms with Gasteiger partial charge in [-0.15, -0.1) is 0 Å². The van der Waals surface area contributed by atoms with Crippen LogP contribution in [0.4, 0.5) is 0 Å². The molecule has 86 valence electrons. The van der Waals surface area contributed by atoms with Crippen molar-refractivity contribution in [2.75, 3.05) is 0 Å². The van der Waals surface area contributed by atoms with Crippen LogP contribution >= 0.6 is 0 Å². The first-order valence-electron chi connectivity index (χ1n) is 5.73. The van der Waals surface area contributed by atoms with Crippen LogP contribution in [0, 0.1) is 11.3 Å². The number of ether oxygens (including phenoxy) is 1. The molecule has 0 aromatic heterocycles. The number of esters is 1. The second kappa shape index (κ2) is 3.93. The highest BCUT2D eigenvalue weighted by atomic mass is 16.6. The quantitative estimate of drug-likeness (QED) is 0.713. The van der Waals surface area contributed by atoms with Crippen molar-refractivity contribution in [3.05, 3.63) is 35.9 Å². The summed E-state index contributed by atoms with van der Waals surface area (Å²) in [6, 6.07) is 10.1. The van der Waals surface area contributed by atoms with E-state index in [9.17, 15) is 4.79 Å². The summed E-state index contributed by atoms with van der Waals surface area (Å²) in [7, 11) is 0. The van der Waals surface area contributed by atoms with Crippen molar-refractivity contribution >= 4 is 5.97 Å². The molecule has 1 fully saturated rings. The monoisotopic (exact) mass is 218 g/mol. The molecule has 0 unspecified atom stereocenters. The summed E-state index contributed by atoms with van der Waals surface area (Å²) in [5, 5.41) is 0. The van der Waals surface area contributed by atoms with Gasteiger partial charge in [0.15, 0.2) is 0 Å². The van der Waals surface area contributed by atoms with Gasteiger partial charge < -0.3 is 4.74 Å². The lowest BCUT2D eigenvalue weighted by atomic mass is 9.75. The summed E-state index contributed by atoms with van der Waals surface area (Å²) < 4.78 is 5.25. The molecule has 0 saturated carbocycles. The smallest absolute Gasteiger partial charge is 0.313 e. The third-order valence-corrected chi connectivity index (χ3v) is 3.06. The fourth-order valence-corrected chi connectivity index (χ4v) is 2.18. The Morgan fingerprint density at radius 2 is 1.81 bits per heavy atom. The predicted molar refractivity (Wildman–Crippen MR) is 63.0 cm³/mol. The second-order valence-electron chi connectivity index (χ2n) is 5.52. The van der Waals surface area contributed by atoms with Gasteiger partial charge in [-0.2, -0.15) is 0 Å². The minimum absolute atomic E-state index is 0.0300. The highest BCUT2D eigenvalue weighted by molar-refractivity contribution is 5.79. The maximum absolute atomic E-state index is 11.5. The fraction of sp³-hybridized carbons (Fsp3) is 0.500. The van der Waals surface area contributed by atoms with Crippen molar-refractivity contribution in [3.8, 4) is 0 Å². The van der Waals surface area contributed by atoms with Gasteiger partial charge in [0.05, 0.1) is 5.92 Å². The van der Waals surface area contributed by atoms with E-state index in [-0.39, 0.29) is 23.4 Å². The van der Waals surface area contributed by atoms with Crippen molar-refractivity contribution in [2.45, 2.75) is 33.3 Å². The molecule has 1 aromatic carbocycles.